The predicted octanol–water partition coefficient (Wildman–Crippen LogP) is 2.82. The maximum absolute atomic E-state index is 13.0. The molecule has 1 aromatic carbocycles. The van der Waals surface area contributed by atoms with Crippen molar-refractivity contribution in [2.45, 2.75) is 51.0 Å². The molecule has 3 rings (SSSR count). The van der Waals surface area contributed by atoms with Crippen LogP contribution >= 0.6 is 0 Å². The molecule has 1 aliphatic carbocycles. The Kier molecular flexibility index (Phi) is 4.19. The van der Waals surface area contributed by atoms with Crippen LogP contribution in [-0.2, 0) is 16.0 Å². The van der Waals surface area contributed by atoms with Crippen molar-refractivity contribution >= 4 is 11.9 Å². The van der Waals surface area contributed by atoms with Crippen LogP contribution in [0.1, 0.15) is 49.7 Å². The first kappa shape index (κ1) is 15.1. The van der Waals surface area contributed by atoms with Gasteiger partial charge in [0.05, 0.1) is 11.8 Å². The number of carbonyl (C=O) groups excluding carboxylic acids is 1. The Morgan fingerprint density at radius 1 is 1.18 bits per heavy atom. The number of amides is 1. The number of benzene rings is 1. The van der Waals surface area contributed by atoms with Crippen LogP contribution < -0.4 is 0 Å². The lowest BCUT2D eigenvalue weighted by Gasteiger charge is -2.39. The molecule has 3 unspecified atom stereocenters. The van der Waals surface area contributed by atoms with E-state index in [-0.39, 0.29) is 17.9 Å². The first-order valence-electron chi connectivity index (χ1n) is 8.19. The SMILES string of the molecule is CC1CCC(C(=O)O)CN1C(=O)C1CCCc2ccccc21. The molecule has 22 heavy (non-hydrogen) atoms. The summed E-state index contributed by atoms with van der Waals surface area (Å²) in [6.07, 6.45) is 4.38. The van der Waals surface area contributed by atoms with Gasteiger partial charge in [-0.15, -0.1) is 0 Å². The number of rotatable bonds is 2. The molecule has 0 radical (unpaired) electrons. The number of hydrogen-bond acceptors (Lipinski definition) is 2. The molecule has 1 heterocycles. The molecule has 0 bridgehead atoms. The molecule has 1 N–H and O–H groups in total. The van der Waals surface area contributed by atoms with E-state index in [0.29, 0.717) is 13.0 Å². The molecule has 1 aliphatic heterocycles. The molecule has 4 heteroatoms. The van der Waals surface area contributed by atoms with Crippen LogP contribution in [-0.4, -0.2) is 34.5 Å². The van der Waals surface area contributed by atoms with E-state index in [1.807, 2.05) is 24.0 Å². The van der Waals surface area contributed by atoms with Crippen LogP contribution in [0, 0.1) is 5.92 Å². The lowest BCUT2D eigenvalue weighted by Crippen LogP contribution is -2.49. The minimum atomic E-state index is -0.784. The Balaban J connectivity index is 1.83. The Morgan fingerprint density at radius 2 is 1.95 bits per heavy atom. The molecule has 0 saturated carbocycles. The Morgan fingerprint density at radius 3 is 2.73 bits per heavy atom. The van der Waals surface area contributed by atoms with E-state index in [1.54, 1.807) is 0 Å². The minimum absolute atomic E-state index is 0.0973. The van der Waals surface area contributed by atoms with Gasteiger partial charge < -0.3 is 10.0 Å². The Hall–Kier alpha value is -1.84. The van der Waals surface area contributed by atoms with Gasteiger partial charge in [0.1, 0.15) is 0 Å². The summed E-state index contributed by atoms with van der Waals surface area (Å²) in [5.74, 6) is -1.18. The fraction of sp³-hybridized carbons (Fsp3) is 0.556. The van der Waals surface area contributed by atoms with Gasteiger partial charge in [-0.3, -0.25) is 9.59 Å². The summed E-state index contributed by atoms with van der Waals surface area (Å²) in [5.41, 5.74) is 2.41. The molecule has 1 saturated heterocycles. The lowest BCUT2D eigenvalue weighted by molar-refractivity contribution is -0.147. The molecule has 1 fully saturated rings. The third kappa shape index (κ3) is 2.74. The zero-order valence-electron chi connectivity index (χ0n) is 13.0. The van der Waals surface area contributed by atoms with Crippen molar-refractivity contribution in [3.63, 3.8) is 0 Å². The van der Waals surface area contributed by atoms with Crippen LogP contribution in [0.5, 0.6) is 0 Å². The zero-order valence-corrected chi connectivity index (χ0v) is 13.0. The molecule has 118 valence electrons. The highest BCUT2D eigenvalue weighted by molar-refractivity contribution is 5.85. The third-order valence-electron chi connectivity index (χ3n) is 5.18. The van der Waals surface area contributed by atoms with Crippen LogP contribution in [0.3, 0.4) is 0 Å². The van der Waals surface area contributed by atoms with Gasteiger partial charge in [0.15, 0.2) is 0 Å². The van der Waals surface area contributed by atoms with Gasteiger partial charge in [-0.05, 0) is 50.2 Å². The normalized spacial score (nSPS) is 28.0. The molecule has 1 amide bonds. The highest BCUT2D eigenvalue weighted by Gasteiger charge is 2.37. The predicted molar refractivity (Wildman–Crippen MR) is 83.7 cm³/mol. The van der Waals surface area contributed by atoms with E-state index < -0.39 is 11.9 Å². The molecule has 0 aromatic heterocycles. The van der Waals surface area contributed by atoms with Crippen molar-refractivity contribution in [3.05, 3.63) is 35.4 Å². The number of aliphatic carboxylic acids is 1. The number of carboxylic acids is 1. The fourth-order valence-electron chi connectivity index (χ4n) is 3.83. The van der Waals surface area contributed by atoms with Crippen molar-refractivity contribution in [3.8, 4) is 0 Å². The summed E-state index contributed by atoms with van der Waals surface area (Å²) in [7, 11) is 0. The first-order valence-corrected chi connectivity index (χ1v) is 8.19. The topological polar surface area (TPSA) is 57.6 Å². The van der Waals surface area contributed by atoms with Crippen molar-refractivity contribution in [1.29, 1.82) is 0 Å². The van der Waals surface area contributed by atoms with E-state index in [4.69, 9.17) is 0 Å². The molecule has 0 spiro atoms. The molecule has 2 aliphatic rings. The van der Waals surface area contributed by atoms with Crippen LogP contribution in [0.2, 0.25) is 0 Å². The van der Waals surface area contributed by atoms with Gasteiger partial charge in [0.2, 0.25) is 5.91 Å². The number of carbonyl (C=O) groups is 2. The number of hydrogen-bond donors (Lipinski definition) is 1. The van der Waals surface area contributed by atoms with Gasteiger partial charge in [0, 0.05) is 12.6 Å². The summed E-state index contributed by atoms with van der Waals surface area (Å²) < 4.78 is 0. The van der Waals surface area contributed by atoms with Crippen LogP contribution in [0.15, 0.2) is 24.3 Å². The van der Waals surface area contributed by atoms with Crippen LogP contribution in [0.4, 0.5) is 0 Å². The summed E-state index contributed by atoms with van der Waals surface area (Å²) in [6, 6.07) is 8.31. The minimum Gasteiger partial charge on any atom is -0.481 e. The summed E-state index contributed by atoms with van der Waals surface area (Å²) >= 11 is 0. The third-order valence-corrected chi connectivity index (χ3v) is 5.18. The largest absolute Gasteiger partial charge is 0.481 e. The molecule has 4 nitrogen and oxygen atoms in total. The fourth-order valence-corrected chi connectivity index (χ4v) is 3.83. The number of piperidine rings is 1. The van der Waals surface area contributed by atoms with Crippen molar-refractivity contribution in [2.24, 2.45) is 5.92 Å². The van der Waals surface area contributed by atoms with Crippen molar-refractivity contribution < 1.29 is 14.7 Å². The first-order chi connectivity index (χ1) is 10.6. The van der Waals surface area contributed by atoms with Gasteiger partial charge in [-0.1, -0.05) is 24.3 Å². The highest BCUT2D eigenvalue weighted by atomic mass is 16.4. The Labute approximate surface area is 131 Å². The molecular formula is C18H23NO3. The maximum Gasteiger partial charge on any atom is 0.308 e. The average molecular weight is 301 g/mol. The number of fused-ring (bicyclic) bond motifs is 1. The number of carboxylic acid groups (broad SMARTS) is 1. The van der Waals surface area contributed by atoms with Gasteiger partial charge in [-0.2, -0.15) is 0 Å². The Bertz CT molecular complexity index is 583. The van der Waals surface area contributed by atoms with Gasteiger partial charge in [-0.25, -0.2) is 0 Å². The van der Waals surface area contributed by atoms with Gasteiger partial charge in [0.25, 0.3) is 0 Å². The number of aryl methyl sites for hydroxylation is 1. The number of likely N-dealkylation sites (tertiary alicyclic amines) is 1. The van der Waals surface area contributed by atoms with E-state index in [9.17, 15) is 14.7 Å². The highest BCUT2D eigenvalue weighted by Crippen LogP contribution is 2.35. The van der Waals surface area contributed by atoms with E-state index in [1.165, 1.54) is 5.56 Å². The van der Waals surface area contributed by atoms with Gasteiger partial charge >= 0.3 is 5.97 Å². The zero-order chi connectivity index (χ0) is 15.7. The average Bonchev–Trinajstić information content (AvgIpc) is 2.54. The molecule has 1 aromatic rings. The molecular weight excluding hydrogens is 278 g/mol. The lowest BCUT2D eigenvalue weighted by atomic mass is 9.81. The van der Waals surface area contributed by atoms with E-state index in [0.717, 1.165) is 31.2 Å². The monoisotopic (exact) mass is 301 g/mol. The second kappa shape index (κ2) is 6.11. The summed E-state index contributed by atoms with van der Waals surface area (Å²) in [4.78, 5) is 26.1. The van der Waals surface area contributed by atoms with Crippen LogP contribution in [0.25, 0.3) is 0 Å². The maximum atomic E-state index is 13.0. The second-order valence-electron chi connectivity index (χ2n) is 6.60. The summed E-state index contributed by atoms with van der Waals surface area (Å²) in [5, 5.41) is 9.25. The smallest absolute Gasteiger partial charge is 0.308 e. The second-order valence-corrected chi connectivity index (χ2v) is 6.60. The van der Waals surface area contributed by atoms with E-state index >= 15 is 0 Å². The number of nitrogens with zero attached hydrogens (tertiary/aromatic N) is 1. The standard InChI is InChI=1S/C18H23NO3/c1-12-9-10-14(18(21)22)11-19(12)17(20)16-8-4-6-13-5-2-3-7-15(13)16/h2-3,5,7,12,14,16H,4,6,8-11H2,1H3,(H,21,22). The molecule has 3 atom stereocenters. The quantitative estimate of drug-likeness (QED) is 0.914. The van der Waals surface area contributed by atoms with Crippen molar-refractivity contribution in [2.75, 3.05) is 6.54 Å². The van der Waals surface area contributed by atoms with E-state index in [2.05, 4.69) is 12.1 Å². The summed E-state index contributed by atoms with van der Waals surface area (Å²) in [6.45, 7) is 2.39. The van der Waals surface area contributed by atoms with Crippen molar-refractivity contribution in [1.82, 2.24) is 4.90 Å².